The van der Waals surface area contributed by atoms with Gasteiger partial charge >= 0.3 is 0 Å². The number of carbonyl (C=O) groups is 1. The lowest BCUT2D eigenvalue weighted by atomic mass is 10.1. The highest BCUT2D eigenvalue weighted by molar-refractivity contribution is 7.98. The Balaban J connectivity index is 1.69. The van der Waals surface area contributed by atoms with E-state index in [9.17, 15) is 4.79 Å². The standard InChI is InChI=1S/C22H31N5OS/c1-4-19-15-20(27-12-10-26(6-3)11-13-27)25-22(24-19)29-16-17-8-7-9-18(14-17)21(28)23-5-2/h7-9,14-15H,4-6,10-13,16H2,1-3H3,(H,23,28). The maximum Gasteiger partial charge on any atom is 0.251 e. The predicted molar refractivity (Wildman–Crippen MR) is 120 cm³/mol. The summed E-state index contributed by atoms with van der Waals surface area (Å²) < 4.78 is 0. The number of benzene rings is 1. The molecule has 6 nitrogen and oxygen atoms in total. The summed E-state index contributed by atoms with van der Waals surface area (Å²) in [7, 11) is 0. The van der Waals surface area contributed by atoms with Crippen LogP contribution in [0.1, 0.15) is 42.4 Å². The van der Waals surface area contributed by atoms with Crippen molar-refractivity contribution in [3.05, 3.63) is 47.2 Å². The van der Waals surface area contributed by atoms with Gasteiger partial charge in [0.1, 0.15) is 5.82 Å². The molecule has 0 atom stereocenters. The second-order valence-electron chi connectivity index (χ2n) is 7.12. The zero-order chi connectivity index (χ0) is 20.6. The largest absolute Gasteiger partial charge is 0.354 e. The van der Waals surface area contributed by atoms with Crippen LogP contribution in [0.3, 0.4) is 0 Å². The van der Waals surface area contributed by atoms with Gasteiger partial charge in [0, 0.05) is 55.8 Å². The van der Waals surface area contributed by atoms with Crippen molar-refractivity contribution in [3.63, 3.8) is 0 Å². The highest BCUT2D eigenvalue weighted by Gasteiger charge is 2.18. The number of thioether (sulfide) groups is 1. The van der Waals surface area contributed by atoms with Gasteiger partial charge in [0.2, 0.25) is 0 Å². The third kappa shape index (κ3) is 5.93. The van der Waals surface area contributed by atoms with Gasteiger partial charge in [-0.3, -0.25) is 4.79 Å². The third-order valence-corrected chi connectivity index (χ3v) is 6.06. The Bertz CT molecular complexity index is 821. The van der Waals surface area contributed by atoms with Gasteiger partial charge in [-0.05, 0) is 37.6 Å². The van der Waals surface area contributed by atoms with E-state index in [1.54, 1.807) is 11.8 Å². The van der Waals surface area contributed by atoms with Crippen LogP contribution in [0.4, 0.5) is 5.82 Å². The lowest BCUT2D eigenvalue weighted by Crippen LogP contribution is -2.46. The number of rotatable bonds is 8. The summed E-state index contributed by atoms with van der Waals surface area (Å²) in [5.41, 5.74) is 2.87. The Hall–Kier alpha value is -2.12. The van der Waals surface area contributed by atoms with Crippen molar-refractivity contribution in [2.45, 2.75) is 38.1 Å². The van der Waals surface area contributed by atoms with E-state index in [-0.39, 0.29) is 5.91 Å². The van der Waals surface area contributed by atoms with Crippen LogP contribution in [0.25, 0.3) is 0 Å². The van der Waals surface area contributed by atoms with Gasteiger partial charge in [0.15, 0.2) is 5.16 Å². The minimum Gasteiger partial charge on any atom is -0.354 e. The molecule has 29 heavy (non-hydrogen) atoms. The minimum atomic E-state index is -0.0305. The van der Waals surface area contributed by atoms with E-state index in [2.05, 4.69) is 35.0 Å². The Morgan fingerprint density at radius 3 is 2.59 bits per heavy atom. The van der Waals surface area contributed by atoms with Crippen LogP contribution in [0.2, 0.25) is 0 Å². The molecule has 2 heterocycles. The molecular formula is C22H31N5OS. The molecule has 2 aromatic rings. The van der Waals surface area contributed by atoms with Crippen LogP contribution in [-0.4, -0.2) is 60.0 Å². The number of piperazine rings is 1. The highest BCUT2D eigenvalue weighted by atomic mass is 32.2. The second kappa shape index (κ2) is 10.6. The van der Waals surface area contributed by atoms with E-state index < -0.39 is 0 Å². The molecule has 1 fully saturated rings. The van der Waals surface area contributed by atoms with E-state index in [1.165, 1.54) is 0 Å². The highest BCUT2D eigenvalue weighted by Crippen LogP contribution is 2.24. The summed E-state index contributed by atoms with van der Waals surface area (Å²) >= 11 is 1.63. The Labute approximate surface area is 178 Å². The van der Waals surface area contributed by atoms with E-state index >= 15 is 0 Å². The molecule has 0 spiro atoms. The van der Waals surface area contributed by atoms with Crippen LogP contribution >= 0.6 is 11.8 Å². The van der Waals surface area contributed by atoms with Crippen LogP contribution in [0.15, 0.2) is 35.5 Å². The first kappa shape index (κ1) is 21.6. The maximum absolute atomic E-state index is 12.1. The summed E-state index contributed by atoms with van der Waals surface area (Å²) in [5, 5.41) is 3.66. The minimum absolute atomic E-state index is 0.0305. The second-order valence-corrected chi connectivity index (χ2v) is 8.07. The van der Waals surface area contributed by atoms with Gasteiger partial charge < -0.3 is 15.1 Å². The molecule has 1 saturated heterocycles. The number of aryl methyl sites for hydroxylation is 1. The summed E-state index contributed by atoms with van der Waals surface area (Å²) in [6.07, 6.45) is 0.894. The van der Waals surface area contributed by atoms with E-state index in [0.717, 1.165) is 67.1 Å². The van der Waals surface area contributed by atoms with Crippen molar-refractivity contribution in [1.29, 1.82) is 0 Å². The van der Waals surface area contributed by atoms with Crippen molar-refractivity contribution in [3.8, 4) is 0 Å². The van der Waals surface area contributed by atoms with Crippen molar-refractivity contribution in [2.24, 2.45) is 0 Å². The zero-order valence-electron chi connectivity index (χ0n) is 17.6. The Morgan fingerprint density at radius 2 is 1.90 bits per heavy atom. The smallest absolute Gasteiger partial charge is 0.251 e. The van der Waals surface area contributed by atoms with Crippen molar-refractivity contribution < 1.29 is 4.79 Å². The molecule has 3 rings (SSSR count). The Morgan fingerprint density at radius 1 is 1.10 bits per heavy atom. The van der Waals surface area contributed by atoms with Crippen LogP contribution in [0, 0.1) is 0 Å². The summed E-state index contributed by atoms with van der Waals surface area (Å²) in [4.78, 5) is 26.5. The number of nitrogens with zero attached hydrogens (tertiary/aromatic N) is 4. The molecule has 0 aliphatic carbocycles. The van der Waals surface area contributed by atoms with Crippen LogP contribution in [0.5, 0.6) is 0 Å². The normalized spacial score (nSPS) is 14.8. The first-order valence-electron chi connectivity index (χ1n) is 10.5. The SMILES string of the molecule is CCNC(=O)c1cccc(CSc2nc(CC)cc(N3CCN(CC)CC3)n2)c1. The van der Waals surface area contributed by atoms with Crippen molar-refractivity contribution >= 4 is 23.5 Å². The number of amides is 1. The number of nitrogens with one attached hydrogen (secondary N) is 1. The molecule has 0 radical (unpaired) electrons. The molecule has 156 valence electrons. The molecule has 0 unspecified atom stereocenters. The van der Waals surface area contributed by atoms with Crippen molar-refractivity contribution in [2.75, 3.05) is 44.2 Å². The molecular weight excluding hydrogens is 382 g/mol. The van der Waals surface area contributed by atoms with Gasteiger partial charge in [-0.1, -0.05) is 37.7 Å². The number of anilines is 1. The monoisotopic (exact) mass is 413 g/mol. The Kier molecular flexibility index (Phi) is 7.89. The number of aromatic nitrogens is 2. The fourth-order valence-corrected chi connectivity index (χ4v) is 4.19. The quantitative estimate of drug-likeness (QED) is 0.530. The molecule has 0 saturated carbocycles. The van der Waals surface area contributed by atoms with Gasteiger partial charge in [-0.15, -0.1) is 0 Å². The zero-order valence-corrected chi connectivity index (χ0v) is 18.5. The summed E-state index contributed by atoms with van der Waals surface area (Å²) in [5.74, 6) is 1.74. The molecule has 1 aromatic carbocycles. The van der Waals surface area contributed by atoms with E-state index in [4.69, 9.17) is 9.97 Å². The molecule has 0 bridgehead atoms. The van der Waals surface area contributed by atoms with Gasteiger partial charge in [0.25, 0.3) is 5.91 Å². The maximum atomic E-state index is 12.1. The van der Waals surface area contributed by atoms with E-state index in [0.29, 0.717) is 12.1 Å². The number of likely N-dealkylation sites (N-methyl/N-ethyl adjacent to an activating group) is 1. The molecule has 1 amide bonds. The fourth-order valence-electron chi connectivity index (χ4n) is 3.37. The molecule has 1 aliphatic rings. The molecule has 1 aromatic heterocycles. The average molecular weight is 414 g/mol. The first-order chi connectivity index (χ1) is 14.1. The van der Waals surface area contributed by atoms with Crippen LogP contribution in [-0.2, 0) is 12.2 Å². The van der Waals surface area contributed by atoms with Gasteiger partial charge in [0.05, 0.1) is 0 Å². The lowest BCUT2D eigenvalue weighted by molar-refractivity contribution is 0.0955. The third-order valence-electron chi connectivity index (χ3n) is 5.15. The summed E-state index contributed by atoms with van der Waals surface area (Å²) in [6, 6.07) is 9.90. The fraction of sp³-hybridized carbons (Fsp3) is 0.500. The topological polar surface area (TPSA) is 61.4 Å². The number of hydrogen-bond acceptors (Lipinski definition) is 6. The average Bonchev–Trinajstić information content (AvgIpc) is 2.78. The van der Waals surface area contributed by atoms with Gasteiger partial charge in [-0.25, -0.2) is 9.97 Å². The number of carbonyl (C=O) groups excluding carboxylic acids is 1. The first-order valence-corrected chi connectivity index (χ1v) is 11.5. The lowest BCUT2D eigenvalue weighted by Gasteiger charge is -2.34. The molecule has 1 aliphatic heterocycles. The van der Waals surface area contributed by atoms with E-state index in [1.807, 2.05) is 31.2 Å². The van der Waals surface area contributed by atoms with Crippen molar-refractivity contribution in [1.82, 2.24) is 20.2 Å². The summed E-state index contributed by atoms with van der Waals surface area (Å²) in [6.45, 7) is 12.2. The molecule has 1 N–H and O–H groups in total. The van der Waals surface area contributed by atoms with Crippen LogP contribution < -0.4 is 10.2 Å². The molecule has 7 heteroatoms. The van der Waals surface area contributed by atoms with Gasteiger partial charge in [-0.2, -0.15) is 0 Å². The number of hydrogen-bond donors (Lipinski definition) is 1. The predicted octanol–water partition coefficient (Wildman–Crippen LogP) is 3.22.